The second-order valence-corrected chi connectivity index (χ2v) is 4.14. The molecule has 86 valence electrons. The molecule has 0 aromatic carbocycles. The van der Waals surface area contributed by atoms with E-state index >= 15 is 0 Å². The van der Waals surface area contributed by atoms with Gasteiger partial charge in [0.1, 0.15) is 0 Å². The van der Waals surface area contributed by atoms with Gasteiger partial charge in [0.15, 0.2) is 0 Å². The Morgan fingerprint density at radius 3 is 2.94 bits per heavy atom. The molecule has 0 spiro atoms. The van der Waals surface area contributed by atoms with Crippen LogP contribution in [-0.4, -0.2) is 34.7 Å². The number of anilines is 1. The second kappa shape index (κ2) is 4.23. The first-order valence-electron chi connectivity index (χ1n) is 4.77. The van der Waals surface area contributed by atoms with Gasteiger partial charge >= 0.3 is 5.69 Å². The van der Waals surface area contributed by atoms with E-state index in [2.05, 4.69) is 4.98 Å². The summed E-state index contributed by atoms with van der Waals surface area (Å²) >= 11 is 5.66. The standard InChI is InChI=1S/C9H10ClN3O3/c10-7-1-8(13(15)16)9(11-2-7)12-3-6(4-12)5-14/h1-2,6,14H,3-5H2. The molecule has 0 radical (unpaired) electrons. The molecule has 6 nitrogen and oxygen atoms in total. The highest BCUT2D eigenvalue weighted by Crippen LogP contribution is 2.32. The lowest BCUT2D eigenvalue weighted by Gasteiger charge is -2.38. The van der Waals surface area contributed by atoms with Gasteiger partial charge in [0.05, 0.1) is 9.95 Å². The molecule has 0 atom stereocenters. The average Bonchev–Trinajstić information content (AvgIpc) is 2.18. The Balaban J connectivity index is 2.24. The summed E-state index contributed by atoms with van der Waals surface area (Å²) in [5, 5.41) is 19.9. The van der Waals surface area contributed by atoms with Gasteiger partial charge in [-0.05, 0) is 0 Å². The van der Waals surface area contributed by atoms with Crippen molar-refractivity contribution in [1.82, 2.24) is 4.98 Å². The number of aliphatic hydroxyl groups is 1. The first kappa shape index (κ1) is 11.1. The number of pyridine rings is 1. The number of nitro groups is 1. The largest absolute Gasteiger partial charge is 0.396 e. The average molecular weight is 244 g/mol. The molecule has 0 saturated carbocycles. The van der Waals surface area contributed by atoms with E-state index in [1.54, 1.807) is 4.90 Å². The molecule has 1 aliphatic heterocycles. The summed E-state index contributed by atoms with van der Waals surface area (Å²) in [6.07, 6.45) is 1.39. The third-order valence-electron chi connectivity index (χ3n) is 2.53. The van der Waals surface area contributed by atoms with E-state index in [1.165, 1.54) is 12.3 Å². The van der Waals surface area contributed by atoms with Crippen LogP contribution in [0.3, 0.4) is 0 Å². The van der Waals surface area contributed by atoms with Gasteiger partial charge in [0.2, 0.25) is 5.82 Å². The smallest absolute Gasteiger partial charge is 0.313 e. The van der Waals surface area contributed by atoms with Crippen molar-refractivity contribution in [2.75, 3.05) is 24.6 Å². The number of aliphatic hydroxyl groups excluding tert-OH is 1. The maximum atomic E-state index is 10.8. The van der Waals surface area contributed by atoms with E-state index in [4.69, 9.17) is 16.7 Å². The van der Waals surface area contributed by atoms with Gasteiger partial charge in [0, 0.05) is 37.9 Å². The van der Waals surface area contributed by atoms with E-state index in [1.807, 2.05) is 0 Å². The minimum atomic E-state index is -0.500. The first-order valence-corrected chi connectivity index (χ1v) is 5.15. The summed E-state index contributed by atoms with van der Waals surface area (Å²) in [6, 6.07) is 1.29. The van der Waals surface area contributed by atoms with Crippen LogP contribution in [0, 0.1) is 16.0 Å². The molecule has 0 aliphatic carbocycles. The Morgan fingerprint density at radius 2 is 2.38 bits per heavy atom. The van der Waals surface area contributed by atoms with Gasteiger partial charge in [-0.3, -0.25) is 10.1 Å². The molecule has 0 amide bonds. The van der Waals surface area contributed by atoms with Crippen LogP contribution in [0.4, 0.5) is 11.5 Å². The summed E-state index contributed by atoms with van der Waals surface area (Å²) in [5.41, 5.74) is -0.0936. The minimum Gasteiger partial charge on any atom is -0.396 e. The van der Waals surface area contributed by atoms with Gasteiger partial charge in [-0.15, -0.1) is 0 Å². The predicted octanol–water partition coefficient (Wildman–Crippen LogP) is 1.07. The van der Waals surface area contributed by atoms with E-state index in [0.717, 1.165) is 0 Å². The zero-order valence-corrected chi connectivity index (χ0v) is 9.09. The third-order valence-corrected chi connectivity index (χ3v) is 2.73. The van der Waals surface area contributed by atoms with Gasteiger partial charge in [-0.1, -0.05) is 11.6 Å². The highest BCUT2D eigenvalue weighted by Gasteiger charge is 2.32. The third kappa shape index (κ3) is 1.94. The molecule has 2 heterocycles. The van der Waals surface area contributed by atoms with Crippen LogP contribution in [0.25, 0.3) is 0 Å². The first-order chi connectivity index (χ1) is 7.61. The molecule has 1 N–H and O–H groups in total. The SMILES string of the molecule is O=[N+]([O-])c1cc(Cl)cnc1N1CC(CO)C1. The molecule has 0 bridgehead atoms. The van der Waals surface area contributed by atoms with Crippen LogP contribution in [0.5, 0.6) is 0 Å². The van der Waals surface area contributed by atoms with Crippen LogP contribution in [-0.2, 0) is 0 Å². The van der Waals surface area contributed by atoms with Crippen molar-refractivity contribution in [3.63, 3.8) is 0 Å². The highest BCUT2D eigenvalue weighted by atomic mass is 35.5. The van der Waals surface area contributed by atoms with Gasteiger partial charge in [-0.2, -0.15) is 0 Å². The number of aromatic nitrogens is 1. The molecular weight excluding hydrogens is 234 g/mol. The Labute approximate surface area is 96.6 Å². The number of rotatable bonds is 3. The maximum Gasteiger partial charge on any atom is 0.313 e. The highest BCUT2D eigenvalue weighted by molar-refractivity contribution is 6.30. The number of nitrogens with zero attached hydrogens (tertiary/aromatic N) is 3. The summed E-state index contributed by atoms with van der Waals surface area (Å²) in [6.45, 7) is 1.27. The lowest BCUT2D eigenvalue weighted by atomic mass is 10.0. The minimum absolute atomic E-state index is 0.0936. The van der Waals surface area contributed by atoms with E-state index in [9.17, 15) is 10.1 Å². The van der Waals surface area contributed by atoms with Crippen LogP contribution >= 0.6 is 11.6 Å². The lowest BCUT2D eigenvalue weighted by Crippen LogP contribution is -2.49. The van der Waals surface area contributed by atoms with Crippen molar-refractivity contribution in [2.24, 2.45) is 5.92 Å². The zero-order chi connectivity index (χ0) is 11.7. The topological polar surface area (TPSA) is 79.5 Å². The maximum absolute atomic E-state index is 10.8. The Bertz CT molecular complexity index is 420. The molecule has 1 aliphatic rings. The Kier molecular flexibility index (Phi) is 2.93. The van der Waals surface area contributed by atoms with Crippen molar-refractivity contribution >= 4 is 23.1 Å². The molecule has 7 heteroatoms. The summed E-state index contributed by atoms with van der Waals surface area (Å²) in [4.78, 5) is 16.0. The zero-order valence-electron chi connectivity index (χ0n) is 8.34. The normalized spacial score (nSPS) is 16.0. The van der Waals surface area contributed by atoms with Crippen LogP contribution in [0.15, 0.2) is 12.3 Å². The lowest BCUT2D eigenvalue weighted by molar-refractivity contribution is -0.384. The molecule has 1 aromatic heterocycles. The molecule has 1 fully saturated rings. The van der Waals surface area contributed by atoms with Crippen LogP contribution in [0.2, 0.25) is 5.02 Å². The number of hydrogen-bond acceptors (Lipinski definition) is 5. The van der Waals surface area contributed by atoms with E-state index in [-0.39, 0.29) is 23.2 Å². The fourth-order valence-corrected chi connectivity index (χ4v) is 1.81. The van der Waals surface area contributed by atoms with Gasteiger partial charge < -0.3 is 10.0 Å². The van der Waals surface area contributed by atoms with Crippen molar-refractivity contribution in [3.8, 4) is 0 Å². The fraction of sp³-hybridized carbons (Fsp3) is 0.444. The molecule has 1 saturated heterocycles. The Hall–Kier alpha value is -1.40. The second-order valence-electron chi connectivity index (χ2n) is 3.71. The monoisotopic (exact) mass is 243 g/mol. The number of halogens is 1. The molecule has 16 heavy (non-hydrogen) atoms. The van der Waals surface area contributed by atoms with Gasteiger partial charge in [0.25, 0.3) is 0 Å². The summed E-state index contributed by atoms with van der Waals surface area (Å²) in [7, 11) is 0. The quantitative estimate of drug-likeness (QED) is 0.635. The number of hydrogen-bond donors (Lipinski definition) is 1. The van der Waals surface area contributed by atoms with E-state index in [0.29, 0.717) is 18.9 Å². The van der Waals surface area contributed by atoms with Crippen molar-refractivity contribution in [1.29, 1.82) is 0 Å². The summed E-state index contributed by atoms with van der Waals surface area (Å²) in [5.74, 6) is 0.496. The molecular formula is C9H10ClN3O3. The molecule has 0 unspecified atom stereocenters. The molecule has 1 aromatic rings. The van der Waals surface area contributed by atoms with E-state index < -0.39 is 4.92 Å². The fourth-order valence-electron chi connectivity index (χ4n) is 1.66. The van der Waals surface area contributed by atoms with Crippen molar-refractivity contribution in [3.05, 3.63) is 27.4 Å². The van der Waals surface area contributed by atoms with Crippen molar-refractivity contribution in [2.45, 2.75) is 0 Å². The molecule has 2 rings (SSSR count). The Morgan fingerprint density at radius 1 is 1.69 bits per heavy atom. The van der Waals surface area contributed by atoms with Crippen molar-refractivity contribution < 1.29 is 10.0 Å². The predicted molar refractivity (Wildman–Crippen MR) is 58.7 cm³/mol. The van der Waals surface area contributed by atoms with Crippen LogP contribution in [0.1, 0.15) is 0 Å². The van der Waals surface area contributed by atoms with Crippen LogP contribution < -0.4 is 4.90 Å². The summed E-state index contributed by atoms with van der Waals surface area (Å²) < 4.78 is 0. The van der Waals surface area contributed by atoms with Gasteiger partial charge in [-0.25, -0.2) is 4.98 Å².